The van der Waals surface area contributed by atoms with Crippen LogP contribution in [0.2, 0.25) is 5.02 Å². The minimum absolute atomic E-state index is 0.683. The maximum atomic E-state index is 6.48. The Kier molecular flexibility index (Phi) is 5.59. The van der Waals surface area contributed by atoms with Crippen molar-refractivity contribution >= 4 is 33.4 Å². The van der Waals surface area contributed by atoms with E-state index in [1.54, 1.807) is 0 Å². The van der Waals surface area contributed by atoms with Gasteiger partial charge in [0.1, 0.15) is 11.6 Å². The average Bonchev–Trinajstić information content (AvgIpc) is 3.17. The lowest BCUT2D eigenvalue weighted by atomic mass is 10.1. The Bertz CT molecular complexity index is 1340. The molecule has 0 spiro atoms. The number of aryl methyl sites for hydroxylation is 1. The molecule has 4 heteroatoms. The Morgan fingerprint density at radius 1 is 0.774 bits per heavy atom. The van der Waals surface area contributed by atoms with Crippen LogP contribution in [0.25, 0.3) is 33.2 Å². The molecule has 0 saturated heterocycles. The Morgan fingerprint density at radius 3 is 2.48 bits per heavy atom. The zero-order chi connectivity index (χ0) is 21.0. The van der Waals surface area contributed by atoms with Crippen molar-refractivity contribution in [3.63, 3.8) is 0 Å². The monoisotopic (exact) mass is 426 g/mol. The normalized spacial score (nSPS) is 11.3. The van der Waals surface area contributed by atoms with E-state index < -0.39 is 0 Å². The van der Waals surface area contributed by atoms with Crippen LogP contribution in [0, 0.1) is 0 Å². The molecule has 3 nitrogen and oxygen atoms in total. The molecule has 31 heavy (non-hydrogen) atoms. The van der Waals surface area contributed by atoms with Crippen molar-refractivity contribution in [2.24, 2.45) is 0 Å². The molecular weight excluding hydrogens is 404 g/mol. The van der Waals surface area contributed by atoms with Crippen LogP contribution >= 0.6 is 11.6 Å². The van der Waals surface area contributed by atoms with Crippen LogP contribution in [-0.4, -0.2) is 16.2 Å². The molecule has 0 aliphatic heterocycles. The van der Waals surface area contributed by atoms with Gasteiger partial charge in [-0.3, -0.25) is 0 Å². The van der Waals surface area contributed by atoms with E-state index in [1.165, 1.54) is 5.39 Å². The number of unbranched alkanes of at least 4 members (excludes halogenated alkanes) is 1. The number of halogens is 1. The van der Waals surface area contributed by atoms with E-state index in [-0.39, 0.29) is 0 Å². The molecule has 5 aromatic rings. The third-order valence-electron chi connectivity index (χ3n) is 5.55. The molecule has 4 aromatic carbocycles. The van der Waals surface area contributed by atoms with Gasteiger partial charge in [0.2, 0.25) is 0 Å². The standard InChI is InChI=1S/C27H23ClN2O/c28-23-14-4-3-13-22(23)27-29-24-15-5-6-16-25(24)30(27)18-7-8-19-31-26-17-9-11-20-10-1-2-12-21(20)26/h1-6,9-17H,7-8,18-19H2. The second-order valence-electron chi connectivity index (χ2n) is 7.59. The van der Waals surface area contributed by atoms with Gasteiger partial charge in [-0.15, -0.1) is 0 Å². The van der Waals surface area contributed by atoms with Gasteiger partial charge in [0.05, 0.1) is 22.7 Å². The van der Waals surface area contributed by atoms with E-state index in [2.05, 4.69) is 53.1 Å². The maximum Gasteiger partial charge on any atom is 0.142 e. The lowest BCUT2D eigenvalue weighted by Crippen LogP contribution is -2.04. The number of rotatable bonds is 7. The van der Waals surface area contributed by atoms with Crippen molar-refractivity contribution in [3.05, 3.63) is 96.0 Å². The summed E-state index contributed by atoms with van der Waals surface area (Å²) in [6.07, 6.45) is 1.94. The van der Waals surface area contributed by atoms with Gasteiger partial charge < -0.3 is 9.30 Å². The van der Waals surface area contributed by atoms with Crippen molar-refractivity contribution in [1.82, 2.24) is 9.55 Å². The smallest absolute Gasteiger partial charge is 0.142 e. The molecule has 1 heterocycles. The fourth-order valence-electron chi connectivity index (χ4n) is 4.03. The van der Waals surface area contributed by atoms with Gasteiger partial charge in [0.15, 0.2) is 0 Å². The molecule has 0 aliphatic rings. The van der Waals surface area contributed by atoms with E-state index in [4.69, 9.17) is 21.3 Å². The van der Waals surface area contributed by atoms with Crippen LogP contribution in [0.4, 0.5) is 0 Å². The third kappa shape index (κ3) is 4.01. The van der Waals surface area contributed by atoms with Crippen molar-refractivity contribution in [2.75, 3.05) is 6.61 Å². The number of fused-ring (bicyclic) bond motifs is 2. The Hall–Kier alpha value is -3.30. The minimum atomic E-state index is 0.683. The molecule has 0 aliphatic carbocycles. The van der Waals surface area contributed by atoms with E-state index >= 15 is 0 Å². The number of hydrogen-bond acceptors (Lipinski definition) is 2. The highest BCUT2D eigenvalue weighted by molar-refractivity contribution is 6.33. The lowest BCUT2D eigenvalue weighted by molar-refractivity contribution is 0.307. The molecule has 0 amide bonds. The second kappa shape index (κ2) is 8.83. The summed E-state index contributed by atoms with van der Waals surface area (Å²) in [4.78, 5) is 4.87. The number of benzene rings is 4. The van der Waals surface area contributed by atoms with Gasteiger partial charge in [-0.1, -0.05) is 72.3 Å². The van der Waals surface area contributed by atoms with Gasteiger partial charge in [0, 0.05) is 17.5 Å². The van der Waals surface area contributed by atoms with Crippen LogP contribution in [0.5, 0.6) is 5.75 Å². The number of imidazole rings is 1. The number of aromatic nitrogens is 2. The second-order valence-corrected chi connectivity index (χ2v) is 8.00. The summed E-state index contributed by atoms with van der Waals surface area (Å²) in [5.41, 5.74) is 3.09. The van der Waals surface area contributed by atoms with Crippen molar-refractivity contribution < 1.29 is 4.74 Å². The molecule has 0 radical (unpaired) electrons. The highest BCUT2D eigenvalue weighted by atomic mass is 35.5. The fourth-order valence-corrected chi connectivity index (χ4v) is 4.25. The highest BCUT2D eigenvalue weighted by Gasteiger charge is 2.14. The summed E-state index contributed by atoms with van der Waals surface area (Å²) in [6, 6.07) is 30.7. The summed E-state index contributed by atoms with van der Waals surface area (Å²) in [5, 5.41) is 3.08. The summed E-state index contributed by atoms with van der Waals surface area (Å²) in [5.74, 6) is 1.87. The van der Waals surface area contributed by atoms with Crippen LogP contribution in [-0.2, 0) is 6.54 Å². The molecule has 5 rings (SSSR count). The molecule has 154 valence electrons. The zero-order valence-electron chi connectivity index (χ0n) is 17.2. The molecule has 1 aromatic heterocycles. The largest absolute Gasteiger partial charge is 0.493 e. The first-order valence-electron chi connectivity index (χ1n) is 10.6. The molecule has 0 unspecified atom stereocenters. The van der Waals surface area contributed by atoms with Gasteiger partial charge in [-0.25, -0.2) is 4.98 Å². The SMILES string of the molecule is Clc1ccccc1-c1nc2ccccc2n1CCCCOc1cccc2ccccc12. The van der Waals surface area contributed by atoms with Crippen LogP contribution in [0.15, 0.2) is 91.0 Å². The number of para-hydroxylation sites is 2. The molecule has 0 fully saturated rings. The molecule has 0 saturated carbocycles. The molecular formula is C27H23ClN2O. The molecule has 0 atom stereocenters. The van der Waals surface area contributed by atoms with Crippen LogP contribution in [0.1, 0.15) is 12.8 Å². The quantitative estimate of drug-likeness (QED) is 0.254. The van der Waals surface area contributed by atoms with E-state index in [1.807, 2.05) is 42.5 Å². The fraction of sp³-hybridized carbons (Fsp3) is 0.148. The van der Waals surface area contributed by atoms with E-state index in [9.17, 15) is 0 Å². The first kappa shape index (κ1) is 19.7. The Morgan fingerprint density at radius 2 is 1.55 bits per heavy atom. The van der Waals surface area contributed by atoms with Gasteiger partial charge >= 0.3 is 0 Å². The number of nitrogens with zero attached hydrogens (tertiary/aromatic N) is 2. The first-order valence-corrected chi connectivity index (χ1v) is 11.0. The van der Waals surface area contributed by atoms with Crippen LogP contribution in [0.3, 0.4) is 0 Å². The van der Waals surface area contributed by atoms with E-state index in [0.717, 1.165) is 58.0 Å². The number of ether oxygens (including phenoxy) is 1. The third-order valence-corrected chi connectivity index (χ3v) is 5.88. The highest BCUT2D eigenvalue weighted by Crippen LogP contribution is 2.30. The first-order chi connectivity index (χ1) is 15.3. The maximum absolute atomic E-state index is 6.48. The van der Waals surface area contributed by atoms with Crippen molar-refractivity contribution in [2.45, 2.75) is 19.4 Å². The van der Waals surface area contributed by atoms with Crippen LogP contribution < -0.4 is 4.74 Å². The lowest BCUT2D eigenvalue weighted by Gasteiger charge is -2.12. The minimum Gasteiger partial charge on any atom is -0.493 e. The van der Waals surface area contributed by atoms with Gasteiger partial charge in [-0.2, -0.15) is 0 Å². The average molecular weight is 427 g/mol. The molecule has 0 N–H and O–H groups in total. The molecule has 0 bridgehead atoms. The number of hydrogen-bond donors (Lipinski definition) is 0. The summed E-state index contributed by atoms with van der Waals surface area (Å²) >= 11 is 6.48. The van der Waals surface area contributed by atoms with Gasteiger partial charge in [-0.05, 0) is 48.6 Å². The predicted octanol–water partition coefficient (Wildman–Crippen LogP) is 7.37. The summed E-state index contributed by atoms with van der Waals surface area (Å²) in [7, 11) is 0. The van der Waals surface area contributed by atoms with E-state index in [0.29, 0.717) is 6.61 Å². The topological polar surface area (TPSA) is 27.1 Å². The van der Waals surface area contributed by atoms with Gasteiger partial charge in [0.25, 0.3) is 0 Å². The Labute approximate surface area is 186 Å². The van der Waals surface area contributed by atoms with Crippen molar-refractivity contribution in [1.29, 1.82) is 0 Å². The van der Waals surface area contributed by atoms with Crippen molar-refractivity contribution in [3.8, 4) is 17.1 Å². The zero-order valence-corrected chi connectivity index (χ0v) is 17.9. The summed E-state index contributed by atoms with van der Waals surface area (Å²) in [6.45, 7) is 1.54. The predicted molar refractivity (Wildman–Crippen MR) is 129 cm³/mol. The Balaban J connectivity index is 1.31. The summed E-state index contributed by atoms with van der Waals surface area (Å²) < 4.78 is 8.39.